The first-order chi connectivity index (χ1) is 3.81. The van der Waals surface area contributed by atoms with Crippen molar-refractivity contribution in [3.63, 3.8) is 0 Å². The first-order valence-corrected chi connectivity index (χ1v) is 5.14. The summed E-state index contributed by atoms with van der Waals surface area (Å²) < 4.78 is 9.15. The zero-order valence-electron chi connectivity index (χ0n) is 4.53. The average Bonchev–Trinajstić information content (AvgIpc) is 1.68. The molecule has 0 heterocycles. The van der Waals surface area contributed by atoms with Gasteiger partial charge in [0.05, 0.1) is 0 Å². The van der Waals surface area contributed by atoms with Gasteiger partial charge in [0.1, 0.15) is 0 Å². The van der Waals surface area contributed by atoms with Gasteiger partial charge in [0.25, 0.3) is 0 Å². The van der Waals surface area contributed by atoms with Gasteiger partial charge in [0.15, 0.2) is 0 Å². The third-order valence-electron chi connectivity index (χ3n) is 0.277. The van der Waals surface area contributed by atoms with Crippen LogP contribution in [0.5, 0.6) is 0 Å². The molecule has 0 aromatic carbocycles. The molecule has 0 aliphatic rings. The summed E-state index contributed by atoms with van der Waals surface area (Å²) in [6.07, 6.45) is 3.44. The topological polar surface area (TPSA) is 38.7 Å². The molecule has 0 aliphatic heterocycles. The first-order valence-electron chi connectivity index (χ1n) is 1.71. The SMILES string of the molecule is CSOP(O)OSC. The summed E-state index contributed by atoms with van der Waals surface area (Å²) in [5.74, 6) is 0. The van der Waals surface area contributed by atoms with Crippen LogP contribution in [0.4, 0.5) is 0 Å². The largest absolute Gasteiger partial charge is 0.354 e. The fraction of sp³-hybridized carbons (Fsp3) is 1.00. The van der Waals surface area contributed by atoms with Crippen LogP contribution in [0.2, 0.25) is 0 Å². The van der Waals surface area contributed by atoms with E-state index in [0.717, 1.165) is 24.1 Å². The zero-order chi connectivity index (χ0) is 6.41. The molecule has 0 unspecified atom stereocenters. The summed E-state index contributed by atoms with van der Waals surface area (Å²) in [4.78, 5) is 8.63. The lowest BCUT2D eigenvalue weighted by Crippen LogP contribution is -1.72. The second-order valence-corrected chi connectivity index (χ2v) is 3.06. The molecule has 6 heteroatoms. The van der Waals surface area contributed by atoms with Crippen molar-refractivity contribution in [1.29, 1.82) is 0 Å². The Bertz CT molecular complexity index is 48.5. The van der Waals surface area contributed by atoms with E-state index in [4.69, 9.17) is 4.89 Å². The second-order valence-electron chi connectivity index (χ2n) is 0.720. The molecule has 0 radical (unpaired) electrons. The minimum absolute atomic E-state index is 1.09. The molecule has 0 bridgehead atoms. The molecule has 0 aromatic rings. The van der Waals surface area contributed by atoms with Crippen LogP contribution in [-0.4, -0.2) is 17.4 Å². The minimum atomic E-state index is -1.65. The number of hydrogen-bond donors (Lipinski definition) is 1. The molecule has 0 spiro atoms. The van der Waals surface area contributed by atoms with E-state index >= 15 is 0 Å². The van der Waals surface area contributed by atoms with Crippen molar-refractivity contribution in [2.75, 3.05) is 12.5 Å². The summed E-state index contributed by atoms with van der Waals surface area (Å²) in [5.41, 5.74) is 0. The van der Waals surface area contributed by atoms with Crippen LogP contribution in [0.15, 0.2) is 0 Å². The Hall–Kier alpha value is 1.01. The van der Waals surface area contributed by atoms with Crippen LogP contribution in [0.25, 0.3) is 0 Å². The summed E-state index contributed by atoms with van der Waals surface area (Å²) in [5, 5.41) is 0. The first kappa shape index (κ1) is 9.01. The van der Waals surface area contributed by atoms with Gasteiger partial charge >= 0.3 is 8.60 Å². The standard InChI is InChI=1S/C2H7O3PS2/c1-7-4-6(3)5-8-2/h3H,1-2H3. The molecule has 0 saturated carbocycles. The highest BCUT2D eigenvalue weighted by atomic mass is 32.2. The van der Waals surface area contributed by atoms with Gasteiger partial charge in [-0.2, -0.15) is 0 Å². The quantitative estimate of drug-likeness (QED) is 0.519. The van der Waals surface area contributed by atoms with Gasteiger partial charge in [-0.25, -0.2) is 7.94 Å². The lowest BCUT2D eigenvalue weighted by Gasteiger charge is -2.02. The third kappa shape index (κ3) is 5.15. The molecule has 0 aliphatic carbocycles. The molecule has 1 N–H and O–H groups in total. The molecule has 50 valence electrons. The highest BCUT2D eigenvalue weighted by Gasteiger charge is 2.03. The summed E-state index contributed by atoms with van der Waals surface area (Å²) in [7, 11) is -1.65. The molecular weight excluding hydrogens is 167 g/mol. The summed E-state index contributed by atoms with van der Waals surface area (Å²) >= 11 is 2.18. The van der Waals surface area contributed by atoms with Gasteiger partial charge in [-0.05, 0) is 24.1 Å². The Morgan fingerprint density at radius 3 is 1.88 bits per heavy atom. The van der Waals surface area contributed by atoms with Gasteiger partial charge in [0, 0.05) is 12.5 Å². The average molecular weight is 174 g/mol. The van der Waals surface area contributed by atoms with Crippen molar-refractivity contribution in [3.05, 3.63) is 0 Å². The van der Waals surface area contributed by atoms with Crippen LogP contribution in [0, 0.1) is 0 Å². The van der Waals surface area contributed by atoms with Crippen LogP contribution in [0.1, 0.15) is 0 Å². The van der Waals surface area contributed by atoms with Gasteiger partial charge in [0.2, 0.25) is 0 Å². The predicted octanol–water partition coefficient (Wildman–Crippen LogP) is 1.79. The van der Waals surface area contributed by atoms with Crippen molar-refractivity contribution in [2.45, 2.75) is 0 Å². The molecule has 0 saturated heterocycles. The maximum absolute atomic E-state index is 8.63. The normalized spacial score (nSPS) is 10.5. The summed E-state index contributed by atoms with van der Waals surface area (Å²) in [6.45, 7) is 0. The van der Waals surface area contributed by atoms with Crippen molar-refractivity contribution < 1.29 is 12.8 Å². The zero-order valence-corrected chi connectivity index (χ0v) is 7.05. The number of hydrogen-bond acceptors (Lipinski definition) is 5. The summed E-state index contributed by atoms with van der Waals surface area (Å²) in [6, 6.07) is 0. The fourth-order valence-electron chi connectivity index (χ4n) is 0.140. The highest BCUT2D eigenvalue weighted by molar-refractivity contribution is 7.99. The number of rotatable bonds is 4. The Balaban J connectivity index is 2.92. The van der Waals surface area contributed by atoms with E-state index in [-0.39, 0.29) is 0 Å². The van der Waals surface area contributed by atoms with E-state index in [2.05, 4.69) is 7.94 Å². The second kappa shape index (κ2) is 6.13. The smallest absolute Gasteiger partial charge is 0.327 e. The Kier molecular flexibility index (Phi) is 6.91. The van der Waals surface area contributed by atoms with Crippen molar-refractivity contribution in [2.24, 2.45) is 0 Å². The fourth-order valence-corrected chi connectivity index (χ4v) is 1.48. The van der Waals surface area contributed by atoms with E-state index in [1.165, 1.54) is 0 Å². The maximum atomic E-state index is 8.63. The predicted molar refractivity (Wildman–Crippen MR) is 38.3 cm³/mol. The third-order valence-corrected chi connectivity index (χ3v) is 2.49. The van der Waals surface area contributed by atoms with Crippen LogP contribution in [0.3, 0.4) is 0 Å². The molecule has 0 aromatic heterocycles. The van der Waals surface area contributed by atoms with E-state index < -0.39 is 8.60 Å². The monoisotopic (exact) mass is 174 g/mol. The Morgan fingerprint density at radius 2 is 1.62 bits per heavy atom. The molecular formula is C2H7O3PS2. The van der Waals surface area contributed by atoms with E-state index in [0.29, 0.717) is 0 Å². The molecule has 8 heavy (non-hydrogen) atoms. The lowest BCUT2D eigenvalue weighted by molar-refractivity contribution is 0.432. The van der Waals surface area contributed by atoms with Gasteiger partial charge < -0.3 is 4.89 Å². The molecule has 0 fully saturated rings. The van der Waals surface area contributed by atoms with Crippen LogP contribution in [-0.2, 0) is 7.94 Å². The van der Waals surface area contributed by atoms with Gasteiger partial charge in [-0.3, -0.25) is 0 Å². The highest BCUT2D eigenvalue weighted by Crippen LogP contribution is 2.40. The Morgan fingerprint density at radius 1 is 1.25 bits per heavy atom. The molecule has 0 rings (SSSR count). The lowest BCUT2D eigenvalue weighted by atomic mass is 12.0. The molecule has 0 atom stereocenters. The molecule has 0 amide bonds. The molecule has 3 nitrogen and oxygen atoms in total. The van der Waals surface area contributed by atoms with Gasteiger partial charge in [-0.15, -0.1) is 0 Å². The van der Waals surface area contributed by atoms with Crippen molar-refractivity contribution in [3.8, 4) is 0 Å². The van der Waals surface area contributed by atoms with E-state index in [1.807, 2.05) is 0 Å². The maximum Gasteiger partial charge on any atom is 0.354 e. The minimum Gasteiger partial charge on any atom is -0.327 e. The van der Waals surface area contributed by atoms with Crippen molar-refractivity contribution in [1.82, 2.24) is 0 Å². The van der Waals surface area contributed by atoms with Crippen LogP contribution >= 0.6 is 32.7 Å². The van der Waals surface area contributed by atoms with Gasteiger partial charge in [-0.1, -0.05) is 0 Å². The van der Waals surface area contributed by atoms with Crippen molar-refractivity contribution >= 4 is 32.7 Å². The van der Waals surface area contributed by atoms with E-state index in [1.54, 1.807) is 12.5 Å². The Labute approximate surface area is 58.5 Å². The van der Waals surface area contributed by atoms with Crippen LogP contribution < -0.4 is 0 Å². The van der Waals surface area contributed by atoms with E-state index in [9.17, 15) is 0 Å².